The predicted molar refractivity (Wildman–Crippen MR) is 85.6 cm³/mol. The Morgan fingerprint density at radius 1 is 0.647 bits per heavy atom. The lowest BCUT2D eigenvalue weighted by molar-refractivity contribution is 0.338. The standard InChI is InChI=1S/C8H28O4Si5/c1-13(2)9-15(5)10-16(6)12-17(7,8)11-14(3)4/h13-16H,1-8H3. The van der Waals surface area contributed by atoms with Crippen LogP contribution in [0.1, 0.15) is 0 Å². The summed E-state index contributed by atoms with van der Waals surface area (Å²) in [5.74, 6) is 0. The van der Waals surface area contributed by atoms with Crippen LogP contribution in [0.25, 0.3) is 0 Å². The van der Waals surface area contributed by atoms with Gasteiger partial charge in [0.15, 0.2) is 18.1 Å². The molecule has 9 heteroatoms. The summed E-state index contributed by atoms with van der Waals surface area (Å²) in [5, 5.41) is 0. The Balaban J connectivity index is 4.03. The van der Waals surface area contributed by atoms with E-state index in [1.807, 2.05) is 0 Å². The quantitative estimate of drug-likeness (QED) is 0.632. The summed E-state index contributed by atoms with van der Waals surface area (Å²) < 4.78 is 23.7. The molecule has 0 rings (SSSR count). The summed E-state index contributed by atoms with van der Waals surface area (Å²) in [6, 6.07) is 0. The molecule has 0 radical (unpaired) electrons. The SMILES string of the molecule is C[SiH](C)O[SiH](C)O[SiH](C)O[Si](C)(C)O[SiH](C)C. The van der Waals surface area contributed by atoms with Gasteiger partial charge in [-0.3, -0.25) is 0 Å². The van der Waals surface area contributed by atoms with E-state index in [4.69, 9.17) is 16.5 Å². The van der Waals surface area contributed by atoms with Gasteiger partial charge >= 0.3 is 8.56 Å². The van der Waals surface area contributed by atoms with Crippen molar-refractivity contribution in [3.63, 3.8) is 0 Å². The molecule has 0 saturated heterocycles. The van der Waals surface area contributed by atoms with Crippen molar-refractivity contribution in [2.45, 2.75) is 52.4 Å². The molecule has 17 heavy (non-hydrogen) atoms. The highest BCUT2D eigenvalue weighted by Gasteiger charge is 2.30. The van der Waals surface area contributed by atoms with Crippen LogP contribution in [-0.4, -0.2) is 45.2 Å². The van der Waals surface area contributed by atoms with E-state index in [1.165, 1.54) is 0 Å². The van der Waals surface area contributed by atoms with Crippen LogP contribution in [0.3, 0.4) is 0 Å². The summed E-state index contributed by atoms with van der Waals surface area (Å²) in [6.07, 6.45) is 0. The summed E-state index contributed by atoms with van der Waals surface area (Å²) in [7, 11) is -7.01. The fourth-order valence-corrected chi connectivity index (χ4v) is 17.0. The topological polar surface area (TPSA) is 36.9 Å². The molecule has 0 heterocycles. The fourth-order valence-electron chi connectivity index (χ4n) is 1.71. The Labute approximate surface area is 114 Å². The van der Waals surface area contributed by atoms with Crippen molar-refractivity contribution in [2.24, 2.45) is 0 Å². The van der Waals surface area contributed by atoms with E-state index >= 15 is 0 Å². The molecule has 0 saturated carbocycles. The smallest absolute Gasteiger partial charge is 0.312 e. The van der Waals surface area contributed by atoms with E-state index < -0.39 is 45.2 Å². The third-order valence-corrected chi connectivity index (χ3v) is 16.3. The Morgan fingerprint density at radius 3 is 1.59 bits per heavy atom. The van der Waals surface area contributed by atoms with Crippen LogP contribution in [0.15, 0.2) is 0 Å². The van der Waals surface area contributed by atoms with Gasteiger partial charge in [-0.1, -0.05) is 0 Å². The van der Waals surface area contributed by atoms with E-state index in [2.05, 4.69) is 52.4 Å². The van der Waals surface area contributed by atoms with Crippen molar-refractivity contribution in [1.29, 1.82) is 0 Å². The lowest BCUT2D eigenvalue weighted by atomic mass is 11.9. The molecule has 104 valence electrons. The molecule has 0 aliphatic carbocycles. The maximum Gasteiger partial charge on any atom is 0.312 e. The van der Waals surface area contributed by atoms with Crippen LogP contribution in [-0.2, 0) is 16.5 Å². The molecule has 0 aromatic heterocycles. The van der Waals surface area contributed by atoms with Crippen LogP contribution in [0.2, 0.25) is 52.4 Å². The molecule has 0 spiro atoms. The second-order valence-corrected chi connectivity index (χ2v) is 18.5. The average Bonchev–Trinajstić information content (AvgIpc) is 1.95. The van der Waals surface area contributed by atoms with Crippen molar-refractivity contribution in [3.8, 4) is 0 Å². The maximum absolute atomic E-state index is 6.04. The van der Waals surface area contributed by atoms with Gasteiger partial charge in [0.2, 0.25) is 0 Å². The molecule has 0 amide bonds. The Morgan fingerprint density at radius 2 is 1.18 bits per heavy atom. The fraction of sp³-hybridized carbons (Fsp3) is 1.00. The van der Waals surface area contributed by atoms with Gasteiger partial charge in [0.05, 0.1) is 0 Å². The molecule has 0 bridgehead atoms. The summed E-state index contributed by atoms with van der Waals surface area (Å²) in [4.78, 5) is 0. The molecule has 0 fully saturated rings. The zero-order valence-corrected chi connectivity index (χ0v) is 18.1. The van der Waals surface area contributed by atoms with Crippen LogP contribution in [0, 0.1) is 0 Å². The van der Waals surface area contributed by atoms with Crippen LogP contribution in [0.5, 0.6) is 0 Å². The minimum absolute atomic E-state index is 0.973. The molecule has 0 N–H and O–H groups in total. The van der Waals surface area contributed by atoms with Crippen molar-refractivity contribution >= 4 is 45.2 Å². The van der Waals surface area contributed by atoms with Gasteiger partial charge in [0, 0.05) is 0 Å². The molecular weight excluding hydrogens is 301 g/mol. The molecule has 0 aromatic rings. The summed E-state index contributed by atoms with van der Waals surface area (Å²) in [6.45, 7) is 17.1. The third kappa shape index (κ3) is 10.5. The average molecular weight is 329 g/mol. The van der Waals surface area contributed by atoms with E-state index in [0.717, 1.165) is 0 Å². The van der Waals surface area contributed by atoms with Crippen LogP contribution < -0.4 is 0 Å². The second kappa shape index (κ2) is 8.17. The highest BCUT2D eigenvalue weighted by molar-refractivity contribution is 6.78. The van der Waals surface area contributed by atoms with Crippen LogP contribution >= 0.6 is 0 Å². The van der Waals surface area contributed by atoms with Gasteiger partial charge in [-0.2, -0.15) is 0 Å². The van der Waals surface area contributed by atoms with Gasteiger partial charge < -0.3 is 16.5 Å². The molecule has 4 nitrogen and oxygen atoms in total. The molecule has 2 unspecified atom stereocenters. The number of rotatable bonds is 8. The third-order valence-electron chi connectivity index (χ3n) is 1.82. The maximum atomic E-state index is 6.04. The minimum Gasteiger partial charge on any atom is -0.442 e. The van der Waals surface area contributed by atoms with Crippen molar-refractivity contribution in [3.05, 3.63) is 0 Å². The first-order valence-electron chi connectivity index (χ1n) is 6.29. The van der Waals surface area contributed by atoms with Gasteiger partial charge in [-0.15, -0.1) is 0 Å². The summed E-state index contributed by atoms with van der Waals surface area (Å²) in [5.41, 5.74) is 0. The Kier molecular flexibility index (Phi) is 8.61. The number of hydrogen-bond donors (Lipinski definition) is 0. The largest absolute Gasteiger partial charge is 0.442 e. The highest BCUT2D eigenvalue weighted by atomic mass is 28.5. The van der Waals surface area contributed by atoms with Crippen molar-refractivity contribution in [1.82, 2.24) is 0 Å². The summed E-state index contributed by atoms with van der Waals surface area (Å²) >= 11 is 0. The number of hydrogen-bond acceptors (Lipinski definition) is 4. The van der Waals surface area contributed by atoms with Crippen molar-refractivity contribution in [2.75, 3.05) is 0 Å². The van der Waals surface area contributed by atoms with E-state index in [-0.39, 0.29) is 0 Å². The predicted octanol–water partition coefficient (Wildman–Crippen LogP) is 1.42. The molecule has 0 aromatic carbocycles. The molecular formula is C8H28O4Si5. The first-order chi connectivity index (χ1) is 7.62. The molecule has 0 aliphatic heterocycles. The normalized spacial score (nSPS) is 16.6. The van der Waals surface area contributed by atoms with Gasteiger partial charge in [-0.05, 0) is 52.4 Å². The van der Waals surface area contributed by atoms with Gasteiger partial charge in [0.1, 0.15) is 0 Å². The second-order valence-electron chi connectivity index (χ2n) is 5.14. The van der Waals surface area contributed by atoms with Gasteiger partial charge in [-0.25, -0.2) is 0 Å². The van der Waals surface area contributed by atoms with Crippen molar-refractivity contribution < 1.29 is 16.5 Å². The zero-order chi connectivity index (χ0) is 13.6. The minimum atomic E-state index is -1.96. The zero-order valence-electron chi connectivity index (χ0n) is 12.4. The lowest BCUT2D eigenvalue weighted by Gasteiger charge is -2.30. The molecule has 2 atom stereocenters. The molecule has 0 aliphatic rings. The monoisotopic (exact) mass is 328 g/mol. The van der Waals surface area contributed by atoms with E-state index in [0.29, 0.717) is 0 Å². The Bertz CT molecular complexity index is 214. The first-order valence-corrected chi connectivity index (χ1v) is 18.9. The van der Waals surface area contributed by atoms with E-state index in [1.54, 1.807) is 0 Å². The van der Waals surface area contributed by atoms with E-state index in [9.17, 15) is 0 Å². The first kappa shape index (κ1) is 17.9. The lowest BCUT2D eigenvalue weighted by Crippen LogP contribution is -2.45. The van der Waals surface area contributed by atoms with Crippen LogP contribution in [0.4, 0.5) is 0 Å². The highest BCUT2D eigenvalue weighted by Crippen LogP contribution is 2.11. The van der Waals surface area contributed by atoms with Gasteiger partial charge in [0.25, 0.3) is 18.6 Å². The Hall–Kier alpha value is 0.924.